The van der Waals surface area contributed by atoms with Crippen molar-refractivity contribution in [2.24, 2.45) is 0 Å². The van der Waals surface area contributed by atoms with Crippen LogP contribution in [0, 0.1) is 5.82 Å². The monoisotopic (exact) mass is 329 g/mol. The number of hydrogen-bond acceptors (Lipinski definition) is 4. The molecule has 1 aromatic carbocycles. The van der Waals surface area contributed by atoms with Crippen molar-refractivity contribution in [2.75, 3.05) is 0 Å². The molecule has 0 aliphatic rings. The standard InChI is InChI=1S/C10H13ClFNO4S2/c1-10(2,3)13-19(16,17)9-6-7(18(11,14)15)4-5-8(9)12/h4-6,13H,1-3H3. The largest absolute Gasteiger partial charge is 0.261 e. The summed E-state index contributed by atoms with van der Waals surface area (Å²) in [5.41, 5.74) is -0.832. The van der Waals surface area contributed by atoms with Crippen LogP contribution in [0.5, 0.6) is 0 Å². The van der Waals surface area contributed by atoms with E-state index in [-0.39, 0.29) is 0 Å². The molecule has 108 valence electrons. The van der Waals surface area contributed by atoms with E-state index in [4.69, 9.17) is 10.7 Å². The van der Waals surface area contributed by atoms with E-state index in [1.807, 2.05) is 0 Å². The third kappa shape index (κ3) is 4.41. The molecule has 0 saturated carbocycles. The van der Waals surface area contributed by atoms with E-state index in [1.54, 1.807) is 20.8 Å². The number of sulfonamides is 1. The maximum Gasteiger partial charge on any atom is 0.261 e. The predicted octanol–water partition coefficient (Wildman–Crippen LogP) is 1.83. The molecule has 19 heavy (non-hydrogen) atoms. The Morgan fingerprint density at radius 1 is 1.16 bits per heavy atom. The first-order valence-electron chi connectivity index (χ1n) is 5.11. The van der Waals surface area contributed by atoms with Gasteiger partial charge >= 0.3 is 0 Å². The number of halogens is 2. The van der Waals surface area contributed by atoms with Crippen LogP contribution in [0.15, 0.2) is 28.0 Å². The molecule has 0 saturated heterocycles. The zero-order chi connectivity index (χ0) is 15.1. The highest BCUT2D eigenvalue weighted by Gasteiger charge is 2.26. The first-order valence-corrected chi connectivity index (χ1v) is 8.90. The Kier molecular flexibility index (Phi) is 4.31. The van der Waals surface area contributed by atoms with Crippen LogP contribution >= 0.6 is 10.7 Å². The Balaban J connectivity index is 3.43. The fourth-order valence-corrected chi connectivity index (χ4v) is 3.67. The normalized spacial score (nSPS) is 13.5. The first kappa shape index (κ1) is 16.4. The highest BCUT2D eigenvalue weighted by Crippen LogP contribution is 2.23. The van der Waals surface area contributed by atoms with Gasteiger partial charge in [0.2, 0.25) is 10.0 Å². The summed E-state index contributed by atoms with van der Waals surface area (Å²) in [5.74, 6) is -1.05. The van der Waals surface area contributed by atoms with Gasteiger partial charge in [-0.1, -0.05) is 0 Å². The fraction of sp³-hybridized carbons (Fsp3) is 0.400. The van der Waals surface area contributed by atoms with Crippen molar-refractivity contribution in [1.82, 2.24) is 4.72 Å². The van der Waals surface area contributed by atoms with E-state index in [0.29, 0.717) is 6.07 Å². The summed E-state index contributed by atoms with van der Waals surface area (Å²) in [6.07, 6.45) is 0. The lowest BCUT2D eigenvalue weighted by Crippen LogP contribution is -2.40. The Hall–Kier alpha value is -0.700. The van der Waals surface area contributed by atoms with Crippen LogP contribution in [0.3, 0.4) is 0 Å². The lowest BCUT2D eigenvalue weighted by atomic mass is 10.1. The molecule has 1 N–H and O–H groups in total. The molecule has 0 heterocycles. The van der Waals surface area contributed by atoms with E-state index >= 15 is 0 Å². The van der Waals surface area contributed by atoms with Gasteiger partial charge in [-0.2, -0.15) is 0 Å². The molecule has 9 heteroatoms. The minimum atomic E-state index is -4.18. The summed E-state index contributed by atoms with van der Waals surface area (Å²) in [6.45, 7) is 4.72. The highest BCUT2D eigenvalue weighted by atomic mass is 35.7. The molecule has 1 rings (SSSR count). The van der Waals surface area contributed by atoms with Crippen molar-refractivity contribution in [3.63, 3.8) is 0 Å². The van der Waals surface area contributed by atoms with Crippen LogP contribution in [-0.2, 0) is 19.1 Å². The molecule has 0 aliphatic carbocycles. The molecular weight excluding hydrogens is 317 g/mol. The zero-order valence-electron chi connectivity index (χ0n) is 10.4. The highest BCUT2D eigenvalue weighted by molar-refractivity contribution is 8.13. The molecule has 1 aromatic rings. The quantitative estimate of drug-likeness (QED) is 0.858. The first-order chi connectivity index (χ1) is 8.33. The molecule has 0 fully saturated rings. The molecule has 0 spiro atoms. The van der Waals surface area contributed by atoms with Crippen molar-refractivity contribution in [3.05, 3.63) is 24.0 Å². The van der Waals surface area contributed by atoms with Crippen LogP contribution < -0.4 is 4.72 Å². The second-order valence-electron chi connectivity index (χ2n) is 4.89. The molecule has 0 radical (unpaired) electrons. The molecule has 0 atom stereocenters. The topological polar surface area (TPSA) is 80.3 Å². The minimum absolute atomic E-state index is 0.482. The Morgan fingerprint density at radius 3 is 2.11 bits per heavy atom. The molecule has 0 amide bonds. The summed E-state index contributed by atoms with van der Waals surface area (Å²) in [4.78, 5) is -1.24. The Morgan fingerprint density at radius 2 is 1.68 bits per heavy atom. The molecule has 0 unspecified atom stereocenters. The van der Waals surface area contributed by atoms with Gasteiger partial charge in [0.1, 0.15) is 10.7 Å². The average molecular weight is 330 g/mol. The average Bonchev–Trinajstić information content (AvgIpc) is 2.11. The summed E-state index contributed by atoms with van der Waals surface area (Å²) < 4.78 is 62.0. The Bertz CT molecular complexity index is 693. The summed E-state index contributed by atoms with van der Waals surface area (Å²) in [6, 6.07) is 2.33. The summed E-state index contributed by atoms with van der Waals surface area (Å²) >= 11 is 0. The molecule has 0 aliphatic heterocycles. The van der Waals surface area contributed by atoms with Gasteiger partial charge in [0, 0.05) is 16.2 Å². The molecule has 0 bridgehead atoms. The van der Waals surface area contributed by atoms with Gasteiger partial charge in [0.25, 0.3) is 9.05 Å². The predicted molar refractivity (Wildman–Crippen MR) is 69.5 cm³/mol. The van der Waals surface area contributed by atoms with Gasteiger partial charge in [-0.3, -0.25) is 0 Å². The van der Waals surface area contributed by atoms with Crippen LogP contribution in [0.25, 0.3) is 0 Å². The molecule has 0 aromatic heterocycles. The van der Waals surface area contributed by atoms with Crippen molar-refractivity contribution in [3.8, 4) is 0 Å². The SMILES string of the molecule is CC(C)(C)NS(=O)(=O)c1cc(S(=O)(=O)Cl)ccc1F. The number of nitrogens with one attached hydrogen (secondary N) is 1. The lowest BCUT2D eigenvalue weighted by Gasteiger charge is -2.20. The van der Waals surface area contributed by atoms with E-state index in [1.165, 1.54) is 0 Å². The third-order valence-electron chi connectivity index (χ3n) is 1.91. The second-order valence-corrected chi connectivity index (χ2v) is 9.10. The molecule has 5 nitrogen and oxygen atoms in total. The fourth-order valence-electron chi connectivity index (χ4n) is 1.30. The smallest absolute Gasteiger partial charge is 0.207 e. The van der Waals surface area contributed by atoms with E-state index < -0.39 is 40.2 Å². The van der Waals surface area contributed by atoms with E-state index in [9.17, 15) is 21.2 Å². The minimum Gasteiger partial charge on any atom is -0.207 e. The summed E-state index contributed by atoms with van der Waals surface area (Å²) in [7, 11) is -3.21. The zero-order valence-corrected chi connectivity index (χ0v) is 12.8. The van der Waals surface area contributed by atoms with E-state index in [2.05, 4.69) is 4.72 Å². The van der Waals surface area contributed by atoms with Gasteiger partial charge in [0.05, 0.1) is 4.90 Å². The van der Waals surface area contributed by atoms with Crippen LogP contribution in [-0.4, -0.2) is 22.4 Å². The maximum absolute atomic E-state index is 13.6. The maximum atomic E-state index is 13.6. The second kappa shape index (κ2) is 5.01. The van der Waals surface area contributed by atoms with Crippen molar-refractivity contribution < 1.29 is 21.2 Å². The number of rotatable bonds is 3. The van der Waals surface area contributed by atoms with Crippen LogP contribution in [0.4, 0.5) is 4.39 Å². The van der Waals surface area contributed by atoms with Crippen molar-refractivity contribution in [1.29, 1.82) is 0 Å². The van der Waals surface area contributed by atoms with Crippen LogP contribution in [0.1, 0.15) is 20.8 Å². The van der Waals surface area contributed by atoms with E-state index in [0.717, 1.165) is 12.1 Å². The van der Waals surface area contributed by atoms with Crippen molar-refractivity contribution in [2.45, 2.75) is 36.1 Å². The van der Waals surface area contributed by atoms with Gasteiger partial charge in [0.15, 0.2) is 0 Å². The summed E-state index contributed by atoms with van der Waals surface area (Å²) in [5, 5.41) is 0. The van der Waals surface area contributed by atoms with Crippen molar-refractivity contribution >= 4 is 29.8 Å². The van der Waals surface area contributed by atoms with Gasteiger partial charge in [-0.25, -0.2) is 25.9 Å². The number of hydrogen-bond donors (Lipinski definition) is 1. The third-order valence-corrected chi connectivity index (χ3v) is 5.04. The number of benzene rings is 1. The lowest BCUT2D eigenvalue weighted by molar-refractivity contribution is 0.486. The van der Waals surface area contributed by atoms with Gasteiger partial charge in [-0.05, 0) is 39.0 Å². The Labute approximate surface area is 116 Å². The van der Waals surface area contributed by atoms with Gasteiger partial charge < -0.3 is 0 Å². The van der Waals surface area contributed by atoms with Gasteiger partial charge in [-0.15, -0.1) is 0 Å². The van der Waals surface area contributed by atoms with Crippen LogP contribution in [0.2, 0.25) is 0 Å². The molecular formula is C10H13ClFNO4S2.